The average Bonchev–Trinajstić information content (AvgIpc) is 3.03. The maximum atomic E-state index is 12.0. The van der Waals surface area contributed by atoms with Gasteiger partial charge in [0.2, 0.25) is 0 Å². The molecule has 0 saturated carbocycles. The van der Waals surface area contributed by atoms with Gasteiger partial charge in [0.1, 0.15) is 10.7 Å². The van der Waals surface area contributed by atoms with E-state index in [-0.39, 0.29) is 5.91 Å². The third-order valence-electron chi connectivity index (χ3n) is 3.64. The van der Waals surface area contributed by atoms with Crippen LogP contribution in [0.5, 0.6) is 0 Å². The predicted molar refractivity (Wildman–Crippen MR) is 90.9 cm³/mol. The molecule has 0 radical (unpaired) electrons. The van der Waals surface area contributed by atoms with Gasteiger partial charge >= 0.3 is 0 Å². The molecular weight excluding hydrogens is 314 g/mol. The minimum atomic E-state index is -0.0944. The highest BCUT2D eigenvalue weighted by molar-refractivity contribution is 7.09. The van der Waals surface area contributed by atoms with E-state index in [0.29, 0.717) is 18.8 Å². The van der Waals surface area contributed by atoms with Crippen LogP contribution in [-0.2, 0) is 16.0 Å². The highest BCUT2D eigenvalue weighted by Gasteiger charge is 2.15. The van der Waals surface area contributed by atoms with Crippen LogP contribution in [0.4, 0.5) is 0 Å². The molecule has 130 valence electrons. The summed E-state index contributed by atoms with van der Waals surface area (Å²) >= 11 is 1.55. The molecule has 1 fully saturated rings. The van der Waals surface area contributed by atoms with E-state index >= 15 is 0 Å². The molecule has 2 heterocycles. The van der Waals surface area contributed by atoms with Gasteiger partial charge in [-0.05, 0) is 12.8 Å². The van der Waals surface area contributed by atoms with Crippen LogP contribution in [0.2, 0.25) is 0 Å². The molecule has 2 rings (SSSR count). The van der Waals surface area contributed by atoms with Crippen LogP contribution in [-0.4, -0.2) is 61.9 Å². The molecule has 1 saturated heterocycles. The van der Waals surface area contributed by atoms with Crippen molar-refractivity contribution < 1.29 is 14.3 Å². The first-order valence-electron chi connectivity index (χ1n) is 8.40. The Balaban J connectivity index is 1.63. The minimum absolute atomic E-state index is 0.0944. The van der Waals surface area contributed by atoms with Crippen molar-refractivity contribution in [2.75, 3.05) is 46.1 Å². The zero-order valence-electron chi connectivity index (χ0n) is 13.9. The largest absolute Gasteiger partial charge is 0.381 e. The molecule has 7 heteroatoms. The van der Waals surface area contributed by atoms with Gasteiger partial charge < -0.3 is 14.8 Å². The number of nitrogens with zero attached hydrogens (tertiary/aromatic N) is 2. The van der Waals surface area contributed by atoms with Crippen LogP contribution in [0.1, 0.15) is 41.7 Å². The summed E-state index contributed by atoms with van der Waals surface area (Å²) in [5.74, 6) is -0.0944. The summed E-state index contributed by atoms with van der Waals surface area (Å²) in [5, 5.41) is 5.72. The van der Waals surface area contributed by atoms with Crippen molar-refractivity contribution in [1.82, 2.24) is 15.2 Å². The van der Waals surface area contributed by atoms with Gasteiger partial charge in [0.25, 0.3) is 5.91 Å². The van der Waals surface area contributed by atoms with Crippen molar-refractivity contribution in [3.8, 4) is 0 Å². The van der Waals surface area contributed by atoms with E-state index in [9.17, 15) is 4.79 Å². The van der Waals surface area contributed by atoms with Crippen molar-refractivity contribution in [2.24, 2.45) is 0 Å². The Morgan fingerprint density at radius 2 is 2.17 bits per heavy atom. The second kappa shape index (κ2) is 10.7. The lowest BCUT2D eigenvalue weighted by Gasteiger charge is -2.25. The first-order chi connectivity index (χ1) is 11.3. The maximum Gasteiger partial charge on any atom is 0.270 e. The molecule has 0 unspecified atom stereocenters. The quantitative estimate of drug-likeness (QED) is 0.659. The SMILES string of the molecule is CCCCOCCCNC(=O)c1csc(CN2CCOCC2)n1. The van der Waals surface area contributed by atoms with Crippen molar-refractivity contribution in [2.45, 2.75) is 32.7 Å². The van der Waals surface area contributed by atoms with Crippen molar-refractivity contribution in [1.29, 1.82) is 0 Å². The molecule has 0 aromatic carbocycles. The Labute approximate surface area is 142 Å². The van der Waals surface area contributed by atoms with E-state index in [0.717, 1.165) is 63.7 Å². The van der Waals surface area contributed by atoms with Gasteiger partial charge in [0.05, 0.1) is 19.8 Å². The van der Waals surface area contributed by atoms with Gasteiger partial charge in [0.15, 0.2) is 0 Å². The number of ether oxygens (including phenoxy) is 2. The topological polar surface area (TPSA) is 63.7 Å². The number of amides is 1. The van der Waals surface area contributed by atoms with E-state index in [2.05, 4.69) is 22.1 Å². The summed E-state index contributed by atoms with van der Waals surface area (Å²) in [7, 11) is 0. The van der Waals surface area contributed by atoms with Gasteiger partial charge in [-0.2, -0.15) is 0 Å². The second-order valence-electron chi connectivity index (χ2n) is 5.59. The number of carbonyl (C=O) groups is 1. The van der Waals surface area contributed by atoms with Gasteiger partial charge in [-0.3, -0.25) is 9.69 Å². The molecule has 1 aliphatic heterocycles. The zero-order chi connectivity index (χ0) is 16.3. The number of thiazole rings is 1. The highest BCUT2D eigenvalue weighted by atomic mass is 32.1. The van der Waals surface area contributed by atoms with Crippen LogP contribution in [0.25, 0.3) is 0 Å². The molecule has 1 aromatic heterocycles. The highest BCUT2D eigenvalue weighted by Crippen LogP contribution is 2.13. The van der Waals surface area contributed by atoms with Crippen molar-refractivity contribution in [3.63, 3.8) is 0 Å². The first-order valence-corrected chi connectivity index (χ1v) is 9.28. The van der Waals surface area contributed by atoms with Crippen LogP contribution in [0, 0.1) is 0 Å². The summed E-state index contributed by atoms with van der Waals surface area (Å²) in [4.78, 5) is 18.8. The molecule has 0 spiro atoms. The number of hydrogen-bond donors (Lipinski definition) is 1. The summed E-state index contributed by atoms with van der Waals surface area (Å²) < 4.78 is 10.8. The molecule has 0 aliphatic carbocycles. The Bertz CT molecular complexity index is 461. The molecule has 0 atom stereocenters. The van der Waals surface area contributed by atoms with Gasteiger partial charge in [-0.1, -0.05) is 13.3 Å². The molecule has 1 aromatic rings. The van der Waals surface area contributed by atoms with Crippen molar-refractivity contribution in [3.05, 3.63) is 16.1 Å². The van der Waals surface area contributed by atoms with Crippen LogP contribution in [0.3, 0.4) is 0 Å². The van der Waals surface area contributed by atoms with E-state index in [1.165, 1.54) is 0 Å². The third-order valence-corrected chi connectivity index (χ3v) is 4.47. The Morgan fingerprint density at radius 1 is 1.39 bits per heavy atom. The summed E-state index contributed by atoms with van der Waals surface area (Å²) in [6.45, 7) is 8.48. The van der Waals surface area contributed by atoms with E-state index in [1.807, 2.05) is 5.38 Å². The Kier molecular flexibility index (Phi) is 8.52. The second-order valence-corrected chi connectivity index (χ2v) is 6.53. The van der Waals surface area contributed by atoms with Gasteiger partial charge in [0, 0.05) is 38.2 Å². The Hall–Kier alpha value is -1.02. The van der Waals surface area contributed by atoms with E-state index in [1.54, 1.807) is 11.3 Å². The third kappa shape index (κ3) is 6.95. The Morgan fingerprint density at radius 3 is 2.96 bits per heavy atom. The fourth-order valence-electron chi connectivity index (χ4n) is 2.25. The fraction of sp³-hybridized carbons (Fsp3) is 0.750. The maximum absolute atomic E-state index is 12.0. The lowest BCUT2D eigenvalue weighted by molar-refractivity contribution is 0.0341. The normalized spacial score (nSPS) is 15.7. The van der Waals surface area contributed by atoms with Gasteiger partial charge in [-0.15, -0.1) is 11.3 Å². The monoisotopic (exact) mass is 341 g/mol. The van der Waals surface area contributed by atoms with Crippen molar-refractivity contribution >= 4 is 17.2 Å². The fourth-order valence-corrected chi connectivity index (χ4v) is 3.07. The zero-order valence-corrected chi connectivity index (χ0v) is 14.7. The molecule has 1 aliphatic rings. The van der Waals surface area contributed by atoms with Crippen LogP contribution < -0.4 is 5.32 Å². The summed E-state index contributed by atoms with van der Waals surface area (Å²) in [6, 6.07) is 0. The standard InChI is InChI=1S/C16H27N3O3S/c1-2-3-8-21-9-4-5-17-16(20)14-13-23-15(18-14)12-19-6-10-22-11-7-19/h13H,2-12H2,1H3,(H,17,20). The smallest absolute Gasteiger partial charge is 0.270 e. The predicted octanol–water partition coefficient (Wildman–Crippen LogP) is 1.91. The molecular formula is C16H27N3O3S. The molecule has 0 bridgehead atoms. The lowest BCUT2D eigenvalue weighted by atomic mass is 10.3. The first kappa shape index (κ1) is 18.3. The molecule has 6 nitrogen and oxygen atoms in total. The number of carbonyl (C=O) groups excluding carboxylic acids is 1. The van der Waals surface area contributed by atoms with Gasteiger partial charge in [-0.25, -0.2) is 4.98 Å². The lowest BCUT2D eigenvalue weighted by Crippen LogP contribution is -2.35. The van der Waals surface area contributed by atoms with Crippen LogP contribution in [0.15, 0.2) is 5.38 Å². The number of rotatable bonds is 10. The summed E-state index contributed by atoms with van der Waals surface area (Å²) in [5.41, 5.74) is 0.519. The van der Waals surface area contributed by atoms with E-state index in [4.69, 9.17) is 9.47 Å². The molecule has 23 heavy (non-hydrogen) atoms. The number of hydrogen-bond acceptors (Lipinski definition) is 6. The number of morpholine rings is 1. The number of nitrogens with one attached hydrogen (secondary N) is 1. The van der Waals surface area contributed by atoms with Crippen LogP contribution >= 0.6 is 11.3 Å². The molecule has 1 N–H and O–H groups in total. The number of unbranched alkanes of at least 4 members (excludes halogenated alkanes) is 1. The molecule has 1 amide bonds. The van der Waals surface area contributed by atoms with E-state index < -0.39 is 0 Å². The summed E-state index contributed by atoms with van der Waals surface area (Å²) in [6.07, 6.45) is 3.07. The minimum Gasteiger partial charge on any atom is -0.381 e. The number of aromatic nitrogens is 1. The average molecular weight is 341 g/mol.